The van der Waals surface area contributed by atoms with Crippen LogP contribution in [0.25, 0.3) is 20.8 Å². The van der Waals surface area contributed by atoms with E-state index in [0.717, 1.165) is 25.3 Å². The first-order valence-electron chi connectivity index (χ1n) is 8.57. The second-order valence-corrected chi connectivity index (χ2v) is 8.29. The number of piperidine rings is 1. The molecule has 3 amide bonds. The molecule has 6 nitrogen and oxygen atoms in total. The molecule has 27 heavy (non-hydrogen) atoms. The fourth-order valence-corrected chi connectivity index (χ4v) is 4.23. The highest BCUT2D eigenvalue weighted by molar-refractivity contribution is 9.10. The number of nitrogens with one attached hydrogen (secondary N) is 3. The van der Waals surface area contributed by atoms with Crippen LogP contribution in [-0.4, -0.2) is 29.5 Å². The number of fused-ring (bicyclic) bond motifs is 1. The number of rotatable bonds is 3. The summed E-state index contributed by atoms with van der Waals surface area (Å²) in [5.74, 6) is 0.0336. The highest BCUT2D eigenvalue weighted by atomic mass is 79.9. The van der Waals surface area contributed by atoms with Gasteiger partial charge < -0.3 is 16.0 Å². The smallest absolute Gasteiger partial charge is 0.319 e. The Kier molecular flexibility index (Phi) is 5.09. The summed E-state index contributed by atoms with van der Waals surface area (Å²) < 4.78 is 2.14. The van der Waals surface area contributed by atoms with Crippen LogP contribution in [0, 0.1) is 0 Å². The zero-order valence-electron chi connectivity index (χ0n) is 14.3. The first-order chi connectivity index (χ1) is 13.1. The third kappa shape index (κ3) is 4.28. The Balaban J connectivity index is 1.40. The molecule has 2 aromatic carbocycles. The van der Waals surface area contributed by atoms with Crippen LogP contribution in [0.4, 0.5) is 10.5 Å². The predicted octanol–water partition coefficient (Wildman–Crippen LogP) is 4.13. The highest BCUT2D eigenvalue weighted by Crippen LogP contribution is 2.32. The van der Waals surface area contributed by atoms with Gasteiger partial charge >= 0.3 is 6.03 Å². The lowest BCUT2D eigenvalue weighted by Gasteiger charge is -2.23. The van der Waals surface area contributed by atoms with Gasteiger partial charge in [-0.2, -0.15) is 0 Å². The van der Waals surface area contributed by atoms with Crippen molar-refractivity contribution in [2.24, 2.45) is 0 Å². The lowest BCUT2D eigenvalue weighted by molar-refractivity contribution is -0.122. The molecule has 0 aliphatic carbocycles. The summed E-state index contributed by atoms with van der Waals surface area (Å²) in [5, 5.41) is 9.40. The molecule has 1 aliphatic heterocycles. The van der Waals surface area contributed by atoms with Gasteiger partial charge in [-0.15, -0.1) is 11.3 Å². The van der Waals surface area contributed by atoms with E-state index in [1.165, 1.54) is 0 Å². The molecule has 1 fully saturated rings. The van der Waals surface area contributed by atoms with Crippen LogP contribution in [0.15, 0.2) is 46.9 Å². The Morgan fingerprint density at radius 2 is 2.04 bits per heavy atom. The number of carbonyl (C=O) groups excluding carboxylic acids is 2. The number of benzene rings is 2. The van der Waals surface area contributed by atoms with Gasteiger partial charge in [-0.1, -0.05) is 15.9 Å². The molecule has 4 rings (SSSR count). The normalized spacial score (nSPS) is 16.8. The lowest BCUT2D eigenvalue weighted by Crippen LogP contribution is -2.48. The summed E-state index contributed by atoms with van der Waals surface area (Å²) in [6.45, 7) is 0.471. The van der Waals surface area contributed by atoms with Crippen molar-refractivity contribution in [1.82, 2.24) is 15.6 Å². The summed E-state index contributed by atoms with van der Waals surface area (Å²) in [7, 11) is 0. The molecule has 3 N–H and O–H groups in total. The third-order valence-corrected chi connectivity index (χ3v) is 5.92. The maximum Gasteiger partial charge on any atom is 0.319 e. The van der Waals surface area contributed by atoms with Gasteiger partial charge in [-0.05, 0) is 48.9 Å². The van der Waals surface area contributed by atoms with Crippen molar-refractivity contribution in [2.75, 3.05) is 11.9 Å². The maximum absolute atomic E-state index is 12.1. The molecule has 1 aromatic heterocycles. The Labute approximate surface area is 168 Å². The predicted molar refractivity (Wildman–Crippen MR) is 111 cm³/mol. The van der Waals surface area contributed by atoms with Gasteiger partial charge in [0, 0.05) is 34.7 Å². The molecule has 1 saturated heterocycles. The molecule has 0 radical (unpaired) electrons. The van der Waals surface area contributed by atoms with Crippen LogP contribution in [0.3, 0.4) is 0 Å². The minimum absolute atomic E-state index is 0.0336. The minimum atomic E-state index is -0.270. The van der Waals surface area contributed by atoms with Gasteiger partial charge in [-0.3, -0.25) is 4.79 Å². The molecular formula is C19H17BrN4O2S. The maximum atomic E-state index is 12.1. The summed E-state index contributed by atoms with van der Waals surface area (Å²) in [4.78, 5) is 28.0. The quantitative estimate of drug-likeness (QED) is 0.567. The summed E-state index contributed by atoms with van der Waals surface area (Å²) >= 11 is 5.10. The number of thiazole rings is 1. The van der Waals surface area contributed by atoms with Crippen LogP contribution < -0.4 is 16.0 Å². The molecule has 3 aromatic rings. The Morgan fingerprint density at radius 3 is 2.78 bits per heavy atom. The van der Waals surface area contributed by atoms with E-state index in [1.807, 2.05) is 36.4 Å². The van der Waals surface area contributed by atoms with E-state index >= 15 is 0 Å². The number of hydrogen-bond donors (Lipinski definition) is 3. The fourth-order valence-electron chi connectivity index (χ4n) is 2.93. The Hall–Kier alpha value is -2.45. The van der Waals surface area contributed by atoms with E-state index in [9.17, 15) is 9.59 Å². The van der Waals surface area contributed by atoms with Crippen molar-refractivity contribution in [3.63, 3.8) is 0 Å². The molecule has 0 spiro atoms. The van der Waals surface area contributed by atoms with Gasteiger partial charge in [0.25, 0.3) is 0 Å². The molecule has 8 heteroatoms. The van der Waals surface area contributed by atoms with Crippen molar-refractivity contribution in [3.05, 3.63) is 46.9 Å². The van der Waals surface area contributed by atoms with E-state index in [2.05, 4.69) is 42.9 Å². The summed E-state index contributed by atoms with van der Waals surface area (Å²) in [5.41, 5.74) is 2.68. The second-order valence-electron chi connectivity index (χ2n) is 6.35. The van der Waals surface area contributed by atoms with Gasteiger partial charge in [0.1, 0.15) is 5.01 Å². The van der Waals surface area contributed by atoms with E-state index in [4.69, 9.17) is 0 Å². The first-order valence-corrected chi connectivity index (χ1v) is 10.2. The summed E-state index contributed by atoms with van der Waals surface area (Å²) in [6, 6.07) is 13.4. The van der Waals surface area contributed by atoms with Crippen LogP contribution in [0.5, 0.6) is 0 Å². The van der Waals surface area contributed by atoms with Crippen molar-refractivity contribution >= 4 is 55.1 Å². The Morgan fingerprint density at radius 1 is 1.22 bits per heavy atom. The molecule has 0 unspecified atom stereocenters. The van der Waals surface area contributed by atoms with Gasteiger partial charge in [0.05, 0.1) is 10.2 Å². The molecule has 1 atom stereocenters. The Bertz CT molecular complexity index is 993. The number of nitrogens with zero attached hydrogens (tertiary/aromatic N) is 1. The SMILES string of the molecule is O=C1CC[C@@H](NC(=O)Nc2ccc(-c3nc4cc(Br)ccc4s3)cc2)CN1. The van der Waals surface area contributed by atoms with Gasteiger partial charge in [0.2, 0.25) is 5.91 Å². The van der Waals surface area contributed by atoms with E-state index in [-0.39, 0.29) is 18.0 Å². The molecule has 2 heterocycles. The fraction of sp³-hybridized carbons (Fsp3) is 0.211. The number of aromatic nitrogens is 1. The molecular weight excluding hydrogens is 428 g/mol. The molecule has 0 saturated carbocycles. The summed E-state index contributed by atoms with van der Waals surface area (Å²) in [6.07, 6.45) is 1.10. The van der Waals surface area contributed by atoms with Crippen molar-refractivity contribution < 1.29 is 9.59 Å². The van der Waals surface area contributed by atoms with E-state index in [0.29, 0.717) is 25.1 Å². The minimum Gasteiger partial charge on any atom is -0.354 e. The zero-order valence-corrected chi connectivity index (χ0v) is 16.7. The van der Waals surface area contributed by atoms with Gasteiger partial charge in [-0.25, -0.2) is 9.78 Å². The van der Waals surface area contributed by atoms with E-state index in [1.54, 1.807) is 11.3 Å². The van der Waals surface area contributed by atoms with Crippen LogP contribution in [0.2, 0.25) is 0 Å². The van der Waals surface area contributed by atoms with E-state index < -0.39 is 0 Å². The monoisotopic (exact) mass is 444 g/mol. The number of amides is 3. The average molecular weight is 445 g/mol. The molecule has 1 aliphatic rings. The molecule has 138 valence electrons. The van der Waals surface area contributed by atoms with Gasteiger partial charge in [0.15, 0.2) is 0 Å². The lowest BCUT2D eigenvalue weighted by atomic mass is 10.1. The van der Waals surface area contributed by atoms with Crippen molar-refractivity contribution in [1.29, 1.82) is 0 Å². The van der Waals surface area contributed by atoms with Crippen molar-refractivity contribution in [3.8, 4) is 10.6 Å². The second kappa shape index (κ2) is 7.66. The standard InChI is InChI=1S/C19H17BrN4O2S/c20-12-3-7-16-15(9-12)24-18(27-16)11-1-4-13(5-2-11)22-19(26)23-14-6-8-17(25)21-10-14/h1-5,7,9,14H,6,8,10H2,(H,21,25)(H2,22,23,26)/t14-/m1/s1. The average Bonchev–Trinajstić information content (AvgIpc) is 3.07. The van der Waals surface area contributed by atoms with Crippen LogP contribution >= 0.6 is 27.3 Å². The van der Waals surface area contributed by atoms with Crippen LogP contribution in [0.1, 0.15) is 12.8 Å². The largest absolute Gasteiger partial charge is 0.354 e. The number of carbonyl (C=O) groups is 2. The number of hydrogen-bond acceptors (Lipinski definition) is 4. The zero-order chi connectivity index (χ0) is 18.8. The van der Waals surface area contributed by atoms with Crippen LogP contribution in [-0.2, 0) is 4.79 Å². The number of anilines is 1. The molecule has 0 bridgehead atoms. The first kappa shape index (κ1) is 17.9. The number of urea groups is 1. The third-order valence-electron chi connectivity index (χ3n) is 4.34. The van der Waals surface area contributed by atoms with Crippen molar-refractivity contribution in [2.45, 2.75) is 18.9 Å². The topological polar surface area (TPSA) is 83.1 Å². The highest BCUT2D eigenvalue weighted by Gasteiger charge is 2.19. The number of halogens is 1.